The van der Waals surface area contributed by atoms with Gasteiger partial charge < -0.3 is 9.64 Å². The van der Waals surface area contributed by atoms with Crippen LogP contribution in [0.5, 0.6) is 0 Å². The maximum Gasteiger partial charge on any atom is 0.304 e. The fraction of sp³-hybridized carbons (Fsp3) is 0.438. The first kappa shape index (κ1) is 17.5. The van der Waals surface area contributed by atoms with Crippen molar-refractivity contribution < 1.29 is 9.53 Å². The molecule has 0 radical (unpaired) electrons. The zero-order valence-electron chi connectivity index (χ0n) is 12.9. The van der Waals surface area contributed by atoms with Crippen molar-refractivity contribution in [1.29, 1.82) is 0 Å². The van der Waals surface area contributed by atoms with E-state index in [0.29, 0.717) is 0 Å². The molecule has 0 spiro atoms. The molecule has 1 aliphatic rings. The lowest BCUT2D eigenvalue weighted by molar-refractivity contribution is -0.146. The fourth-order valence-corrected chi connectivity index (χ4v) is 3.28. The first-order valence-electron chi connectivity index (χ1n) is 6.86. The second kappa shape index (κ2) is 5.95. The summed E-state index contributed by atoms with van der Waals surface area (Å²) in [6.45, 7) is 7.31. The SMILES string of the molecule is CC(=O)O[C@H](N1c2ccccc2C(C)=CC1(C)C)C(Cl)(Cl)Cl. The number of fused-ring (bicyclic) bond motifs is 1. The molecule has 0 aliphatic carbocycles. The van der Waals surface area contributed by atoms with Gasteiger partial charge in [-0.2, -0.15) is 0 Å². The minimum Gasteiger partial charge on any atom is -0.437 e. The van der Waals surface area contributed by atoms with Gasteiger partial charge in [0.15, 0.2) is 0 Å². The van der Waals surface area contributed by atoms with Crippen LogP contribution in [-0.4, -0.2) is 21.5 Å². The van der Waals surface area contributed by atoms with E-state index in [9.17, 15) is 4.79 Å². The molecule has 1 aromatic rings. The third-order valence-corrected chi connectivity index (χ3v) is 4.13. The Balaban J connectivity index is 2.62. The maximum atomic E-state index is 11.5. The normalized spacial score (nSPS) is 18.3. The van der Waals surface area contributed by atoms with Gasteiger partial charge in [-0.15, -0.1) is 0 Å². The van der Waals surface area contributed by atoms with Crippen LogP contribution in [0.4, 0.5) is 5.69 Å². The summed E-state index contributed by atoms with van der Waals surface area (Å²) in [5.41, 5.74) is 2.53. The Morgan fingerprint density at radius 2 is 1.86 bits per heavy atom. The van der Waals surface area contributed by atoms with E-state index < -0.39 is 21.5 Å². The number of carbonyl (C=O) groups excluding carboxylic acids is 1. The Hall–Kier alpha value is -0.900. The Labute approximate surface area is 145 Å². The minimum absolute atomic E-state index is 0.484. The first-order valence-corrected chi connectivity index (χ1v) is 7.99. The molecule has 3 nitrogen and oxygen atoms in total. The van der Waals surface area contributed by atoms with Crippen LogP contribution < -0.4 is 4.90 Å². The number of anilines is 1. The number of benzene rings is 1. The van der Waals surface area contributed by atoms with Crippen LogP contribution in [0.1, 0.15) is 33.3 Å². The molecule has 0 saturated carbocycles. The number of nitrogens with zero attached hydrogens (tertiary/aromatic N) is 1. The number of carbonyl (C=O) groups is 1. The van der Waals surface area contributed by atoms with Crippen LogP contribution >= 0.6 is 34.8 Å². The van der Waals surface area contributed by atoms with E-state index in [1.54, 1.807) is 0 Å². The summed E-state index contributed by atoms with van der Waals surface area (Å²) in [7, 11) is 0. The number of hydrogen-bond acceptors (Lipinski definition) is 3. The molecule has 6 heteroatoms. The van der Waals surface area contributed by atoms with Crippen LogP contribution in [0, 0.1) is 0 Å². The average molecular weight is 363 g/mol. The van der Waals surface area contributed by atoms with Crippen molar-refractivity contribution in [3.63, 3.8) is 0 Å². The largest absolute Gasteiger partial charge is 0.437 e. The molecule has 0 fully saturated rings. The molecular formula is C16H18Cl3NO2. The summed E-state index contributed by atoms with van der Waals surface area (Å²) in [5, 5.41) is 0. The van der Waals surface area contributed by atoms with Crippen LogP contribution in [0.2, 0.25) is 0 Å². The molecule has 1 aromatic carbocycles. The smallest absolute Gasteiger partial charge is 0.304 e. The van der Waals surface area contributed by atoms with Crippen LogP contribution in [0.3, 0.4) is 0 Å². The van der Waals surface area contributed by atoms with Crippen molar-refractivity contribution in [3.05, 3.63) is 35.9 Å². The predicted molar refractivity (Wildman–Crippen MR) is 92.5 cm³/mol. The van der Waals surface area contributed by atoms with Crippen molar-refractivity contribution >= 4 is 52.0 Å². The van der Waals surface area contributed by atoms with Gasteiger partial charge in [-0.05, 0) is 32.4 Å². The van der Waals surface area contributed by atoms with E-state index in [1.165, 1.54) is 6.92 Å². The van der Waals surface area contributed by atoms with E-state index in [-0.39, 0.29) is 0 Å². The Morgan fingerprint density at radius 1 is 1.27 bits per heavy atom. The van der Waals surface area contributed by atoms with Crippen molar-refractivity contribution in [1.82, 2.24) is 0 Å². The van der Waals surface area contributed by atoms with Crippen molar-refractivity contribution in [2.75, 3.05) is 4.90 Å². The molecule has 120 valence electrons. The highest BCUT2D eigenvalue weighted by molar-refractivity contribution is 6.68. The molecule has 1 heterocycles. The molecule has 1 aliphatic heterocycles. The summed E-state index contributed by atoms with van der Waals surface area (Å²) in [6.07, 6.45) is 1.04. The molecule has 0 bridgehead atoms. The van der Waals surface area contributed by atoms with E-state index in [4.69, 9.17) is 39.5 Å². The topological polar surface area (TPSA) is 29.5 Å². The van der Waals surface area contributed by atoms with Crippen LogP contribution in [0.15, 0.2) is 30.3 Å². The lowest BCUT2D eigenvalue weighted by atomic mass is 9.88. The fourth-order valence-electron chi connectivity index (χ4n) is 2.86. The lowest BCUT2D eigenvalue weighted by Crippen LogP contribution is -2.57. The van der Waals surface area contributed by atoms with Crippen LogP contribution in [-0.2, 0) is 9.53 Å². The van der Waals surface area contributed by atoms with Gasteiger partial charge in [-0.1, -0.05) is 59.1 Å². The first-order chi connectivity index (χ1) is 10.0. The number of esters is 1. The standard InChI is InChI=1S/C16H18Cl3NO2/c1-10-9-15(3,4)20(13-8-6-5-7-12(10)13)14(16(17,18)19)22-11(2)21/h5-9,14H,1-4H3/t14-/m0/s1. The van der Waals surface area contributed by atoms with Gasteiger partial charge in [0, 0.05) is 18.2 Å². The molecule has 0 aromatic heterocycles. The molecule has 2 rings (SSSR count). The Kier molecular flexibility index (Phi) is 4.72. The molecule has 22 heavy (non-hydrogen) atoms. The molecule has 1 atom stereocenters. The molecule has 0 N–H and O–H groups in total. The number of alkyl halides is 3. The Morgan fingerprint density at radius 3 is 2.41 bits per heavy atom. The number of halogens is 3. The van der Waals surface area contributed by atoms with Gasteiger partial charge in [0.05, 0.1) is 5.54 Å². The van der Waals surface area contributed by atoms with Gasteiger partial charge in [0.1, 0.15) is 0 Å². The van der Waals surface area contributed by atoms with Crippen LogP contribution in [0.25, 0.3) is 5.57 Å². The third-order valence-electron chi connectivity index (χ3n) is 3.57. The van der Waals surface area contributed by atoms with Crippen molar-refractivity contribution in [2.24, 2.45) is 0 Å². The molecule has 0 unspecified atom stereocenters. The summed E-state index contributed by atoms with van der Waals surface area (Å²) >= 11 is 18.3. The summed E-state index contributed by atoms with van der Waals surface area (Å²) in [4.78, 5) is 13.3. The highest BCUT2D eigenvalue weighted by atomic mass is 35.6. The minimum atomic E-state index is -1.78. The second-order valence-electron chi connectivity index (χ2n) is 5.87. The monoisotopic (exact) mass is 361 g/mol. The number of ether oxygens (including phenoxy) is 1. The predicted octanol–water partition coefficient (Wildman–Crippen LogP) is 4.95. The van der Waals surface area contributed by atoms with E-state index >= 15 is 0 Å². The van der Waals surface area contributed by atoms with Gasteiger partial charge in [-0.3, -0.25) is 4.79 Å². The van der Waals surface area contributed by atoms with Gasteiger partial charge >= 0.3 is 5.97 Å². The highest BCUT2D eigenvalue weighted by Gasteiger charge is 2.47. The molecule has 0 saturated heterocycles. The zero-order chi connectivity index (χ0) is 16.7. The van der Waals surface area contributed by atoms with Gasteiger partial charge in [0.25, 0.3) is 0 Å². The Bertz CT molecular complexity index is 620. The zero-order valence-corrected chi connectivity index (χ0v) is 15.1. The second-order valence-corrected chi connectivity index (χ2v) is 8.24. The lowest BCUT2D eigenvalue weighted by Gasteiger charge is -2.48. The van der Waals surface area contributed by atoms with Crippen molar-refractivity contribution in [3.8, 4) is 0 Å². The van der Waals surface area contributed by atoms with Gasteiger partial charge in [-0.25, -0.2) is 0 Å². The summed E-state index contributed by atoms with van der Waals surface area (Å²) < 4.78 is 3.56. The summed E-state index contributed by atoms with van der Waals surface area (Å²) in [6, 6.07) is 7.78. The quantitative estimate of drug-likeness (QED) is 0.551. The number of allylic oxidation sites excluding steroid dienone is 1. The van der Waals surface area contributed by atoms with Gasteiger partial charge in [0.2, 0.25) is 10.0 Å². The molecular weight excluding hydrogens is 345 g/mol. The highest BCUT2D eigenvalue weighted by Crippen LogP contribution is 2.45. The van der Waals surface area contributed by atoms with Crippen molar-refractivity contribution in [2.45, 2.75) is 43.3 Å². The third kappa shape index (κ3) is 3.37. The molecule has 0 amide bonds. The maximum absolute atomic E-state index is 11.5. The number of para-hydroxylation sites is 1. The number of rotatable bonds is 2. The number of hydrogen-bond donors (Lipinski definition) is 0. The summed E-state index contributed by atoms with van der Waals surface area (Å²) in [5.74, 6) is -0.504. The van der Waals surface area contributed by atoms with E-state index in [1.807, 2.05) is 49.9 Å². The average Bonchev–Trinajstić information content (AvgIpc) is 2.35. The van der Waals surface area contributed by atoms with E-state index in [0.717, 1.165) is 16.8 Å². The van der Waals surface area contributed by atoms with E-state index in [2.05, 4.69) is 6.08 Å².